The summed E-state index contributed by atoms with van der Waals surface area (Å²) >= 11 is 4.20. The Hall–Kier alpha value is -2.62. The van der Waals surface area contributed by atoms with Crippen molar-refractivity contribution in [2.45, 2.75) is 13.3 Å². The molecule has 4 aromatic rings. The summed E-state index contributed by atoms with van der Waals surface area (Å²) in [5, 5.41) is 12.0. The first-order valence-corrected chi connectivity index (χ1v) is 10.7. The molecule has 3 aromatic heterocycles. The van der Waals surface area contributed by atoms with Crippen LogP contribution >= 0.6 is 34.0 Å². The third-order valence-electron chi connectivity index (χ3n) is 3.69. The predicted molar refractivity (Wildman–Crippen MR) is 111 cm³/mol. The fraction of sp³-hybridized carbons (Fsp3) is 0.111. The van der Waals surface area contributed by atoms with Gasteiger partial charge in [-0.15, -0.1) is 11.3 Å². The van der Waals surface area contributed by atoms with Gasteiger partial charge in [0, 0.05) is 10.8 Å². The molecule has 9 heteroatoms. The van der Waals surface area contributed by atoms with Crippen LogP contribution in [-0.2, 0) is 11.2 Å². The molecule has 2 amide bonds. The first kappa shape index (κ1) is 17.8. The number of carbonyl (C=O) groups excluding carboxylic acids is 2. The van der Waals surface area contributed by atoms with Crippen molar-refractivity contribution in [2.75, 3.05) is 10.6 Å². The molecule has 3 heterocycles. The van der Waals surface area contributed by atoms with Gasteiger partial charge in [-0.25, -0.2) is 9.97 Å². The number of hydrogen-bond acceptors (Lipinski definition) is 7. The Labute approximate surface area is 166 Å². The van der Waals surface area contributed by atoms with E-state index in [9.17, 15) is 9.59 Å². The average molecular weight is 415 g/mol. The molecule has 1 aromatic carbocycles. The zero-order valence-electron chi connectivity index (χ0n) is 14.2. The molecule has 2 N–H and O–H groups in total. The Kier molecular flexibility index (Phi) is 4.97. The lowest BCUT2D eigenvalue weighted by Gasteiger charge is -1.99. The van der Waals surface area contributed by atoms with Crippen LogP contribution in [0, 0.1) is 6.92 Å². The largest absolute Gasteiger partial charge is 0.302 e. The molecular formula is C18H14N4O2S3. The highest BCUT2D eigenvalue weighted by atomic mass is 32.1. The van der Waals surface area contributed by atoms with Gasteiger partial charge in [-0.3, -0.25) is 14.9 Å². The maximum absolute atomic E-state index is 12.3. The van der Waals surface area contributed by atoms with E-state index in [2.05, 4.69) is 20.6 Å². The van der Waals surface area contributed by atoms with Crippen LogP contribution in [0.1, 0.15) is 21.6 Å². The summed E-state index contributed by atoms with van der Waals surface area (Å²) in [5.74, 6) is -0.391. The predicted octanol–water partition coefficient (Wildman–Crippen LogP) is 4.56. The van der Waals surface area contributed by atoms with Gasteiger partial charge in [-0.1, -0.05) is 17.4 Å². The van der Waals surface area contributed by atoms with Gasteiger partial charge in [0.15, 0.2) is 10.3 Å². The molecule has 4 rings (SSSR count). The van der Waals surface area contributed by atoms with Crippen molar-refractivity contribution in [3.05, 3.63) is 57.2 Å². The standard InChI is InChI=1S/C18H14N4O2S3/c1-10-2-3-13-14(6-10)27-18(20-13)21-15(23)7-12-9-26-17(19-12)22-16(24)11-4-5-25-8-11/h2-6,8-9H,7H2,1H3,(H,19,22,24)(H,20,21,23). The van der Waals surface area contributed by atoms with Gasteiger partial charge in [0.1, 0.15) is 0 Å². The molecule has 0 saturated heterocycles. The Balaban J connectivity index is 1.38. The highest BCUT2D eigenvalue weighted by Gasteiger charge is 2.13. The summed E-state index contributed by atoms with van der Waals surface area (Å²) in [6.07, 6.45) is 0.125. The fourth-order valence-corrected chi connectivity index (χ4v) is 4.74. The molecule has 0 atom stereocenters. The van der Waals surface area contributed by atoms with Gasteiger partial charge in [0.05, 0.1) is 27.9 Å². The number of thiophene rings is 1. The van der Waals surface area contributed by atoms with Gasteiger partial charge in [0.25, 0.3) is 5.91 Å². The van der Waals surface area contributed by atoms with Crippen LogP contribution in [0.4, 0.5) is 10.3 Å². The number of amides is 2. The minimum atomic E-state index is -0.202. The van der Waals surface area contributed by atoms with Gasteiger partial charge in [-0.2, -0.15) is 11.3 Å². The van der Waals surface area contributed by atoms with Crippen molar-refractivity contribution in [2.24, 2.45) is 0 Å². The van der Waals surface area contributed by atoms with E-state index in [0.717, 1.165) is 15.8 Å². The highest BCUT2D eigenvalue weighted by Crippen LogP contribution is 2.27. The summed E-state index contributed by atoms with van der Waals surface area (Å²) < 4.78 is 1.04. The summed E-state index contributed by atoms with van der Waals surface area (Å²) in [4.78, 5) is 33.0. The van der Waals surface area contributed by atoms with Crippen LogP contribution in [-0.4, -0.2) is 21.8 Å². The molecule has 0 aliphatic heterocycles. The van der Waals surface area contributed by atoms with Crippen molar-refractivity contribution in [1.29, 1.82) is 0 Å². The van der Waals surface area contributed by atoms with E-state index in [1.165, 1.54) is 34.0 Å². The lowest BCUT2D eigenvalue weighted by Crippen LogP contribution is -2.15. The van der Waals surface area contributed by atoms with E-state index in [1.54, 1.807) is 16.8 Å². The minimum absolute atomic E-state index is 0.125. The maximum atomic E-state index is 12.3. The molecule has 0 fully saturated rings. The number of benzene rings is 1. The second-order valence-electron chi connectivity index (χ2n) is 5.83. The second kappa shape index (κ2) is 7.55. The minimum Gasteiger partial charge on any atom is -0.302 e. The van der Waals surface area contributed by atoms with Crippen LogP contribution in [0.25, 0.3) is 10.2 Å². The van der Waals surface area contributed by atoms with Gasteiger partial charge in [-0.05, 0) is 36.1 Å². The number of rotatable bonds is 5. The zero-order valence-corrected chi connectivity index (χ0v) is 16.6. The Morgan fingerprint density at radius 2 is 1.96 bits per heavy atom. The molecule has 27 heavy (non-hydrogen) atoms. The molecule has 0 radical (unpaired) electrons. The molecule has 0 unspecified atom stereocenters. The van der Waals surface area contributed by atoms with Crippen molar-refractivity contribution in [3.8, 4) is 0 Å². The van der Waals surface area contributed by atoms with Crippen molar-refractivity contribution in [1.82, 2.24) is 9.97 Å². The zero-order chi connectivity index (χ0) is 18.8. The number of nitrogens with zero attached hydrogens (tertiary/aromatic N) is 2. The number of nitrogens with one attached hydrogen (secondary N) is 2. The smallest absolute Gasteiger partial charge is 0.258 e. The molecule has 0 spiro atoms. The molecular weight excluding hydrogens is 400 g/mol. The summed E-state index contributed by atoms with van der Waals surface area (Å²) in [6, 6.07) is 7.74. The highest BCUT2D eigenvalue weighted by molar-refractivity contribution is 7.22. The Morgan fingerprint density at radius 3 is 2.78 bits per heavy atom. The van der Waals surface area contributed by atoms with Crippen LogP contribution in [0.3, 0.4) is 0 Å². The van der Waals surface area contributed by atoms with E-state index in [-0.39, 0.29) is 18.2 Å². The first-order valence-electron chi connectivity index (χ1n) is 8.02. The van der Waals surface area contributed by atoms with Gasteiger partial charge >= 0.3 is 0 Å². The van der Waals surface area contributed by atoms with Gasteiger partial charge in [0.2, 0.25) is 5.91 Å². The van der Waals surface area contributed by atoms with Crippen molar-refractivity contribution in [3.63, 3.8) is 0 Å². The van der Waals surface area contributed by atoms with E-state index in [4.69, 9.17) is 0 Å². The van der Waals surface area contributed by atoms with E-state index >= 15 is 0 Å². The van der Waals surface area contributed by atoms with Crippen molar-refractivity contribution < 1.29 is 9.59 Å². The lowest BCUT2D eigenvalue weighted by atomic mass is 10.2. The molecule has 0 aliphatic carbocycles. The molecule has 6 nitrogen and oxygen atoms in total. The molecule has 136 valence electrons. The number of thiazole rings is 2. The second-order valence-corrected chi connectivity index (χ2v) is 8.49. The number of aromatic nitrogens is 2. The topological polar surface area (TPSA) is 84.0 Å². The number of fused-ring (bicyclic) bond motifs is 1. The number of aryl methyl sites for hydroxylation is 1. The molecule has 0 aliphatic rings. The van der Waals surface area contributed by atoms with Crippen molar-refractivity contribution >= 4 is 66.3 Å². The summed E-state index contributed by atoms with van der Waals surface area (Å²) in [5.41, 5.74) is 3.23. The normalized spacial score (nSPS) is 10.9. The van der Waals surface area contributed by atoms with Crippen LogP contribution in [0.15, 0.2) is 40.4 Å². The Morgan fingerprint density at radius 1 is 1.07 bits per heavy atom. The monoisotopic (exact) mass is 414 g/mol. The summed E-state index contributed by atoms with van der Waals surface area (Å²) in [6.45, 7) is 2.02. The number of carbonyl (C=O) groups is 2. The van der Waals surface area contributed by atoms with Crippen LogP contribution in [0.5, 0.6) is 0 Å². The summed E-state index contributed by atoms with van der Waals surface area (Å²) in [7, 11) is 0. The number of hydrogen-bond donors (Lipinski definition) is 2. The SMILES string of the molecule is Cc1ccc2nc(NC(=O)Cc3csc(NC(=O)c4ccsc4)n3)sc2c1. The quantitative estimate of drug-likeness (QED) is 0.502. The Bertz CT molecular complexity index is 1120. The number of anilines is 2. The fourth-order valence-electron chi connectivity index (χ4n) is 2.42. The van der Waals surface area contributed by atoms with Crippen LogP contribution < -0.4 is 10.6 Å². The lowest BCUT2D eigenvalue weighted by molar-refractivity contribution is -0.115. The van der Waals surface area contributed by atoms with E-state index in [1.807, 2.05) is 30.5 Å². The van der Waals surface area contributed by atoms with E-state index in [0.29, 0.717) is 21.5 Å². The average Bonchev–Trinajstić information content (AvgIpc) is 3.35. The molecule has 0 bridgehead atoms. The maximum Gasteiger partial charge on any atom is 0.258 e. The van der Waals surface area contributed by atoms with E-state index < -0.39 is 0 Å². The third kappa shape index (κ3) is 4.21. The first-order chi connectivity index (χ1) is 13.1. The third-order valence-corrected chi connectivity index (χ3v) is 6.11. The van der Waals surface area contributed by atoms with Crippen LogP contribution in [0.2, 0.25) is 0 Å². The molecule has 0 saturated carbocycles. The van der Waals surface area contributed by atoms with Gasteiger partial charge < -0.3 is 5.32 Å².